The summed E-state index contributed by atoms with van der Waals surface area (Å²) in [5.41, 5.74) is 2.75. The summed E-state index contributed by atoms with van der Waals surface area (Å²) in [4.78, 5) is 24.6. The highest BCUT2D eigenvalue weighted by Crippen LogP contribution is 2.40. The van der Waals surface area contributed by atoms with Crippen molar-refractivity contribution in [1.29, 1.82) is 0 Å². The van der Waals surface area contributed by atoms with Crippen molar-refractivity contribution >= 4 is 17.6 Å². The van der Waals surface area contributed by atoms with Crippen LogP contribution in [0, 0.1) is 5.41 Å². The number of carbonyl (C=O) groups is 2. The molecule has 1 aliphatic heterocycles. The lowest BCUT2D eigenvalue weighted by atomic mass is 9.81. The number of carboxylic acids is 1. The number of carbonyl (C=O) groups excluding carboxylic acids is 1. The highest BCUT2D eigenvalue weighted by Gasteiger charge is 2.45. The number of nitrogens with one attached hydrogen (secondary N) is 1. The van der Waals surface area contributed by atoms with Crippen molar-refractivity contribution in [1.82, 2.24) is 0 Å². The Hall–Kier alpha value is -2.82. The van der Waals surface area contributed by atoms with Crippen LogP contribution >= 0.6 is 0 Å². The molecule has 0 saturated heterocycles. The van der Waals surface area contributed by atoms with Gasteiger partial charge in [-0.05, 0) is 60.6 Å². The van der Waals surface area contributed by atoms with Crippen LogP contribution in [0.2, 0.25) is 0 Å². The van der Waals surface area contributed by atoms with Gasteiger partial charge in [0.2, 0.25) is 5.91 Å². The molecule has 1 amide bonds. The number of hydrogen-bond acceptors (Lipinski definition) is 3. The van der Waals surface area contributed by atoms with E-state index >= 15 is 0 Å². The van der Waals surface area contributed by atoms with Gasteiger partial charge in [-0.25, -0.2) is 0 Å². The number of aliphatic carboxylic acids is 1. The Morgan fingerprint density at radius 2 is 1.81 bits per heavy atom. The van der Waals surface area contributed by atoms with E-state index in [1.807, 2.05) is 36.4 Å². The lowest BCUT2D eigenvalue weighted by Gasteiger charge is -2.23. The van der Waals surface area contributed by atoms with Crippen molar-refractivity contribution in [3.8, 4) is 5.75 Å². The number of rotatable bonds is 4. The first-order chi connectivity index (χ1) is 12.6. The number of ether oxygens (including phenoxy) is 1. The predicted octanol–water partition coefficient (Wildman–Crippen LogP) is 3.21. The van der Waals surface area contributed by atoms with Crippen LogP contribution in [0.1, 0.15) is 29.5 Å². The van der Waals surface area contributed by atoms with E-state index < -0.39 is 11.4 Å². The molecule has 2 aromatic carbocycles. The fourth-order valence-corrected chi connectivity index (χ4v) is 4.00. The summed E-state index contributed by atoms with van der Waals surface area (Å²) >= 11 is 0. The second-order valence-corrected chi connectivity index (χ2v) is 7.21. The fourth-order valence-electron chi connectivity index (χ4n) is 4.00. The lowest BCUT2D eigenvalue weighted by molar-refractivity contribution is -0.150. The molecular formula is C21H21NO4. The van der Waals surface area contributed by atoms with Gasteiger partial charge in [0.1, 0.15) is 5.75 Å². The summed E-state index contributed by atoms with van der Waals surface area (Å²) in [6, 6.07) is 13.3. The topological polar surface area (TPSA) is 75.6 Å². The molecule has 2 aliphatic rings. The number of amides is 1. The van der Waals surface area contributed by atoms with E-state index in [-0.39, 0.29) is 12.3 Å². The van der Waals surface area contributed by atoms with Crippen LogP contribution in [-0.4, -0.2) is 23.6 Å². The van der Waals surface area contributed by atoms with Crippen LogP contribution in [0.5, 0.6) is 5.75 Å². The maximum Gasteiger partial charge on any atom is 0.310 e. The van der Waals surface area contributed by atoms with Gasteiger partial charge < -0.3 is 15.2 Å². The Labute approximate surface area is 152 Å². The van der Waals surface area contributed by atoms with E-state index in [0.717, 1.165) is 41.9 Å². The molecule has 1 aliphatic carbocycles. The van der Waals surface area contributed by atoms with Crippen LogP contribution in [0.4, 0.5) is 5.69 Å². The number of benzene rings is 2. The van der Waals surface area contributed by atoms with Gasteiger partial charge >= 0.3 is 5.97 Å². The van der Waals surface area contributed by atoms with Gasteiger partial charge in [0.05, 0.1) is 12.0 Å². The second-order valence-electron chi connectivity index (χ2n) is 7.21. The molecule has 5 nitrogen and oxygen atoms in total. The maximum atomic E-state index is 12.6. The third-order valence-corrected chi connectivity index (χ3v) is 5.32. The number of hydrogen-bond donors (Lipinski definition) is 2. The van der Waals surface area contributed by atoms with E-state index in [1.54, 1.807) is 6.07 Å². The molecule has 1 heterocycles. The van der Waals surface area contributed by atoms with Crippen molar-refractivity contribution in [2.75, 3.05) is 11.9 Å². The van der Waals surface area contributed by atoms with Crippen LogP contribution in [0.25, 0.3) is 0 Å². The molecule has 0 radical (unpaired) electrons. The summed E-state index contributed by atoms with van der Waals surface area (Å²) in [7, 11) is 0. The standard InChI is InChI=1S/C21H21NO4/c23-19(22-17-7-8-18-14(10-17)6-3-9-26-18)13-21(20(24)25)11-15-4-1-2-5-16(15)12-21/h1-2,4-5,7-8,10H,3,6,9,11-13H2,(H,22,23)(H,24,25). The van der Waals surface area contributed by atoms with Crippen molar-refractivity contribution in [2.45, 2.75) is 32.1 Å². The van der Waals surface area contributed by atoms with Crippen LogP contribution in [0.15, 0.2) is 42.5 Å². The molecule has 134 valence electrons. The molecule has 5 heteroatoms. The first kappa shape index (κ1) is 16.6. The largest absolute Gasteiger partial charge is 0.493 e. The Morgan fingerprint density at radius 1 is 1.08 bits per heavy atom. The maximum absolute atomic E-state index is 12.6. The number of aryl methyl sites for hydroxylation is 1. The van der Waals surface area contributed by atoms with Crippen molar-refractivity contribution in [3.05, 3.63) is 59.2 Å². The molecule has 26 heavy (non-hydrogen) atoms. The zero-order valence-corrected chi connectivity index (χ0v) is 14.5. The minimum absolute atomic E-state index is 0.0371. The molecule has 0 atom stereocenters. The van der Waals surface area contributed by atoms with E-state index in [9.17, 15) is 14.7 Å². The first-order valence-corrected chi connectivity index (χ1v) is 8.91. The minimum atomic E-state index is -1.06. The molecule has 2 N–H and O–H groups in total. The van der Waals surface area contributed by atoms with Gasteiger partial charge in [-0.1, -0.05) is 24.3 Å². The van der Waals surface area contributed by atoms with Gasteiger partial charge in [0.15, 0.2) is 0 Å². The summed E-state index contributed by atoms with van der Waals surface area (Å²) < 4.78 is 5.58. The van der Waals surface area contributed by atoms with E-state index in [2.05, 4.69) is 5.32 Å². The van der Waals surface area contributed by atoms with Gasteiger partial charge in [0, 0.05) is 12.1 Å². The van der Waals surface area contributed by atoms with E-state index in [1.165, 1.54) is 0 Å². The van der Waals surface area contributed by atoms with Gasteiger partial charge in [0.25, 0.3) is 0 Å². The smallest absolute Gasteiger partial charge is 0.310 e. The summed E-state index contributed by atoms with van der Waals surface area (Å²) in [6.07, 6.45) is 2.64. The molecule has 0 bridgehead atoms. The number of carboxylic acid groups (broad SMARTS) is 1. The lowest BCUT2D eigenvalue weighted by Crippen LogP contribution is -2.36. The molecule has 0 unspecified atom stereocenters. The third kappa shape index (κ3) is 3.05. The SMILES string of the molecule is O=C(CC1(C(=O)O)Cc2ccccc2C1)Nc1ccc2c(c1)CCCO2. The highest BCUT2D eigenvalue weighted by atomic mass is 16.5. The van der Waals surface area contributed by atoms with Crippen LogP contribution < -0.4 is 10.1 Å². The normalized spacial score (nSPS) is 16.9. The zero-order valence-electron chi connectivity index (χ0n) is 14.5. The molecular weight excluding hydrogens is 330 g/mol. The minimum Gasteiger partial charge on any atom is -0.493 e. The summed E-state index contributed by atoms with van der Waals surface area (Å²) in [5, 5.41) is 12.7. The van der Waals surface area contributed by atoms with Crippen molar-refractivity contribution < 1.29 is 19.4 Å². The Balaban J connectivity index is 1.49. The third-order valence-electron chi connectivity index (χ3n) is 5.32. The van der Waals surface area contributed by atoms with Crippen molar-refractivity contribution in [2.24, 2.45) is 5.41 Å². The van der Waals surface area contributed by atoms with Gasteiger partial charge in [-0.2, -0.15) is 0 Å². The average molecular weight is 351 g/mol. The van der Waals surface area contributed by atoms with Gasteiger partial charge in [-0.15, -0.1) is 0 Å². The Bertz CT molecular complexity index is 849. The first-order valence-electron chi connectivity index (χ1n) is 8.91. The number of fused-ring (bicyclic) bond motifs is 2. The molecule has 0 fully saturated rings. The Kier molecular flexibility index (Phi) is 4.15. The molecule has 0 aromatic heterocycles. The quantitative estimate of drug-likeness (QED) is 0.887. The van der Waals surface area contributed by atoms with Crippen LogP contribution in [-0.2, 0) is 28.9 Å². The highest BCUT2D eigenvalue weighted by molar-refractivity contribution is 5.95. The van der Waals surface area contributed by atoms with E-state index in [0.29, 0.717) is 18.5 Å². The zero-order chi connectivity index (χ0) is 18.1. The molecule has 0 spiro atoms. The molecule has 0 saturated carbocycles. The summed E-state index contributed by atoms with van der Waals surface area (Å²) in [6.45, 7) is 0.723. The average Bonchev–Trinajstić information content (AvgIpc) is 3.01. The van der Waals surface area contributed by atoms with Gasteiger partial charge in [-0.3, -0.25) is 9.59 Å². The monoisotopic (exact) mass is 351 g/mol. The van der Waals surface area contributed by atoms with E-state index in [4.69, 9.17) is 4.74 Å². The fraction of sp³-hybridized carbons (Fsp3) is 0.333. The molecule has 4 rings (SSSR count). The molecule has 2 aromatic rings. The summed E-state index contributed by atoms with van der Waals surface area (Å²) in [5.74, 6) is -0.318. The Morgan fingerprint density at radius 3 is 2.50 bits per heavy atom. The van der Waals surface area contributed by atoms with Crippen molar-refractivity contribution in [3.63, 3.8) is 0 Å². The van der Waals surface area contributed by atoms with Crippen LogP contribution in [0.3, 0.4) is 0 Å². The second kappa shape index (κ2) is 6.48. The predicted molar refractivity (Wildman–Crippen MR) is 97.4 cm³/mol. The number of anilines is 1.